The summed E-state index contributed by atoms with van der Waals surface area (Å²) >= 11 is 1.57. The van der Waals surface area contributed by atoms with E-state index in [1.165, 1.54) is 5.56 Å². The molecule has 29 heavy (non-hydrogen) atoms. The number of rotatable bonds is 3. The van der Waals surface area contributed by atoms with Gasteiger partial charge in [-0.2, -0.15) is 11.3 Å². The Hall–Kier alpha value is -2.18. The highest BCUT2D eigenvalue weighted by atomic mass is 32.1. The molecule has 2 aliphatic heterocycles. The number of likely N-dealkylation sites (tertiary alicyclic amines) is 1. The highest BCUT2D eigenvalue weighted by Crippen LogP contribution is 2.63. The summed E-state index contributed by atoms with van der Waals surface area (Å²) in [5.41, 5.74) is 3.12. The van der Waals surface area contributed by atoms with Crippen LogP contribution in [0, 0.1) is 5.92 Å². The highest BCUT2D eigenvalue weighted by Gasteiger charge is 2.65. The molecular formula is C23H23NO4S. The molecule has 2 aliphatic carbocycles. The Balaban J connectivity index is 1.42. The molecule has 0 radical (unpaired) electrons. The number of likely N-dealkylation sites (N-methyl/N-ethyl adjacent to an activating group) is 1. The van der Waals surface area contributed by atoms with Gasteiger partial charge in [0.1, 0.15) is 0 Å². The molecule has 2 fully saturated rings. The minimum atomic E-state index is -0.428. The molecule has 1 saturated carbocycles. The molecule has 1 spiro atoms. The van der Waals surface area contributed by atoms with Crippen molar-refractivity contribution in [1.29, 1.82) is 0 Å². The van der Waals surface area contributed by atoms with Crippen molar-refractivity contribution in [3.63, 3.8) is 0 Å². The third kappa shape index (κ3) is 2.36. The number of carbonyl (C=O) groups is 2. The topological polar surface area (TPSA) is 55.8 Å². The van der Waals surface area contributed by atoms with Crippen LogP contribution in [0.5, 0.6) is 11.5 Å². The van der Waals surface area contributed by atoms with Crippen molar-refractivity contribution < 1.29 is 19.1 Å². The van der Waals surface area contributed by atoms with Gasteiger partial charge in [0.25, 0.3) is 0 Å². The number of benzene rings is 1. The van der Waals surface area contributed by atoms with E-state index in [0.29, 0.717) is 29.9 Å². The predicted molar refractivity (Wildman–Crippen MR) is 109 cm³/mol. The zero-order valence-electron chi connectivity index (χ0n) is 16.3. The third-order valence-corrected chi connectivity index (χ3v) is 8.25. The molecule has 5 nitrogen and oxygen atoms in total. The van der Waals surface area contributed by atoms with E-state index in [1.807, 2.05) is 22.9 Å². The zero-order valence-corrected chi connectivity index (χ0v) is 17.2. The summed E-state index contributed by atoms with van der Waals surface area (Å²) in [5.74, 6) is 1.44. The summed E-state index contributed by atoms with van der Waals surface area (Å²) in [6, 6.07) is 6.33. The van der Waals surface area contributed by atoms with Crippen LogP contribution in [0.1, 0.15) is 36.0 Å². The first kappa shape index (κ1) is 17.7. The Morgan fingerprint density at radius 1 is 1.38 bits per heavy atom. The summed E-state index contributed by atoms with van der Waals surface area (Å²) in [6.45, 7) is 0.968. The number of ketones is 1. The number of ether oxygens (including phenoxy) is 2. The summed E-state index contributed by atoms with van der Waals surface area (Å²) in [7, 11) is 2.20. The Bertz CT molecular complexity index is 1020. The standard InChI is InChI=1S/C23H23NO4S/c1-24-8-7-23-15-3-4-17(25)22(23)28-21-18(5-2-14(20(21)23)11-16(15)24)27-19(26)10-13-6-9-29-12-13/h2,5-6,9,12,15-16,22H,3-4,7-8,10-11H2,1H3/t15?,16?,22-,23?/m0/s1. The molecule has 4 atom stereocenters. The van der Waals surface area contributed by atoms with Crippen molar-refractivity contribution in [2.75, 3.05) is 13.6 Å². The monoisotopic (exact) mass is 409 g/mol. The molecule has 2 aromatic rings. The van der Waals surface area contributed by atoms with Crippen LogP contribution in [-0.2, 0) is 27.8 Å². The van der Waals surface area contributed by atoms with Gasteiger partial charge in [0, 0.05) is 23.4 Å². The molecule has 6 heteroatoms. The van der Waals surface area contributed by atoms with Crippen LogP contribution in [0.25, 0.3) is 0 Å². The first-order chi connectivity index (χ1) is 14.1. The van der Waals surface area contributed by atoms with Crippen LogP contribution >= 0.6 is 11.3 Å². The number of nitrogens with zero attached hydrogens (tertiary/aromatic N) is 1. The lowest BCUT2D eigenvalue weighted by Gasteiger charge is -2.57. The van der Waals surface area contributed by atoms with Crippen LogP contribution in [-0.4, -0.2) is 42.4 Å². The lowest BCUT2D eigenvalue weighted by Crippen LogP contribution is -2.65. The molecule has 4 aliphatic rings. The number of carbonyl (C=O) groups excluding carboxylic acids is 2. The fourth-order valence-corrected chi connectivity index (χ4v) is 6.98. The van der Waals surface area contributed by atoms with E-state index in [2.05, 4.69) is 18.0 Å². The molecule has 0 amide bonds. The van der Waals surface area contributed by atoms with Crippen LogP contribution in [0.2, 0.25) is 0 Å². The molecule has 1 aromatic carbocycles. The SMILES string of the molecule is CN1CCC23c4c5ccc(OC(=O)Cc6ccsc6)c4O[C@H]2C(=O)CCC3C1C5. The van der Waals surface area contributed by atoms with Crippen molar-refractivity contribution in [3.05, 3.63) is 45.6 Å². The summed E-state index contributed by atoms with van der Waals surface area (Å²) in [5, 5.41) is 3.91. The predicted octanol–water partition coefficient (Wildman–Crippen LogP) is 3.13. The van der Waals surface area contributed by atoms with E-state index in [4.69, 9.17) is 9.47 Å². The number of hydrogen-bond acceptors (Lipinski definition) is 6. The third-order valence-electron chi connectivity index (χ3n) is 7.52. The van der Waals surface area contributed by atoms with Crippen LogP contribution in [0.4, 0.5) is 0 Å². The van der Waals surface area contributed by atoms with Crippen molar-refractivity contribution >= 4 is 23.1 Å². The fraction of sp³-hybridized carbons (Fsp3) is 0.478. The van der Waals surface area contributed by atoms with Crippen LogP contribution < -0.4 is 9.47 Å². The average Bonchev–Trinajstić information content (AvgIpc) is 3.33. The molecule has 3 heterocycles. The second kappa shape index (κ2) is 6.16. The van der Waals surface area contributed by atoms with Crippen LogP contribution in [0.15, 0.2) is 29.0 Å². The maximum atomic E-state index is 12.9. The largest absolute Gasteiger partial charge is 0.477 e. The van der Waals surface area contributed by atoms with Gasteiger partial charge in [0.2, 0.25) is 0 Å². The molecular weight excluding hydrogens is 386 g/mol. The van der Waals surface area contributed by atoms with E-state index in [9.17, 15) is 9.59 Å². The summed E-state index contributed by atoms with van der Waals surface area (Å²) < 4.78 is 12.1. The molecule has 2 bridgehead atoms. The number of Topliss-reactive ketones (excluding diaryl/α,β-unsaturated/α-hetero) is 1. The maximum absolute atomic E-state index is 12.9. The Kier molecular flexibility index (Phi) is 3.75. The Morgan fingerprint density at radius 3 is 3.10 bits per heavy atom. The minimum absolute atomic E-state index is 0.198. The van der Waals surface area contributed by atoms with Gasteiger partial charge in [-0.1, -0.05) is 6.07 Å². The van der Waals surface area contributed by atoms with Crippen molar-refractivity contribution in [1.82, 2.24) is 4.90 Å². The molecule has 6 rings (SSSR count). The maximum Gasteiger partial charge on any atom is 0.315 e. The molecule has 1 aromatic heterocycles. The van der Waals surface area contributed by atoms with Gasteiger partial charge in [-0.25, -0.2) is 0 Å². The summed E-state index contributed by atoms with van der Waals surface area (Å²) in [6.07, 6.45) is 3.21. The van der Waals surface area contributed by atoms with E-state index >= 15 is 0 Å². The van der Waals surface area contributed by atoms with Gasteiger partial charge in [-0.05, 0) is 72.8 Å². The van der Waals surface area contributed by atoms with Crippen LogP contribution in [0.3, 0.4) is 0 Å². The quantitative estimate of drug-likeness (QED) is 0.576. The Labute approximate surface area is 173 Å². The lowest BCUT2D eigenvalue weighted by molar-refractivity contribution is -0.138. The van der Waals surface area contributed by atoms with Gasteiger partial charge in [0.05, 0.1) is 6.42 Å². The second-order valence-electron chi connectivity index (χ2n) is 8.86. The van der Waals surface area contributed by atoms with Crippen molar-refractivity contribution in [2.45, 2.75) is 49.7 Å². The van der Waals surface area contributed by atoms with Crippen molar-refractivity contribution in [3.8, 4) is 11.5 Å². The average molecular weight is 410 g/mol. The number of piperidine rings is 1. The first-order valence-electron chi connectivity index (χ1n) is 10.4. The lowest BCUT2D eigenvalue weighted by atomic mass is 9.52. The van der Waals surface area contributed by atoms with E-state index in [0.717, 1.165) is 36.9 Å². The summed E-state index contributed by atoms with van der Waals surface area (Å²) in [4.78, 5) is 27.9. The first-order valence-corrected chi connectivity index (χ1v) is 11.3. The second-order valence-corrected chi connectivity index (χ2v) is 9.64. The highest BCUT2D eigenvalue weighted by molar-refractivity contribution is 7.08. The smallest absolute Gasteiger partial charge is 0.315 e. The van der Waals surface area contributed by atoms with Gasteiger partial charge in [-0.15, -0.1) is 0 Å². The van der Waals surface area contributed by atoms with Gasteiger partial charge >= 0.3 is 5.97 Å². The van der Waals surface area contributed by atoms with Gasteiger partial charge in [0.15, 0.2) is 23.4 Å². The van der Waals surface area contributed by atoms with Gasteiger partial charge < -0.3 is 14.4 Å². The zero-order chi connectivity index (χ0) is 19.8. The van der Waals surface area contributed by atoms with Gasteiger partial charge in [-0.3, -0.25) is 9.59 Å². The van der Waals surface area contributed by atoms with E-state index in [1.54, 1.807) is 11.3 Å². The molecule has 0 N–H and O–H groups in total. The van der Waals surface area contributed by atoms with E-state index in [-0.39, 0.29) is 23.6 Å². The molecule has 1 saturated heterocycles. The molecule has 3 unspecified atom stereocenters. The molecule has 150 valence electrons. The van der Waals surface area contributed by atoms with E-state index < -0.39 is 6.10 Å². The fourth-order valence-electron chi connectivity index (χ4n) is 6.31. The van der Waals surface area contributed by atoms with Crippen molar-refractivity contribution in [2.24, 2.45) is 5.92 Å². The Morgan fingerprint density at radius 2 is 2.28 bits per heavy atom. The minimum Gasteiger partial charge on any atom is -0.477 e. The number of esters is 1. The number of thiophene rings is 1. The normalized spacial score (nSPS) is 31.9. The number of hydrogen-bond donors (Lipinski definition) is 0.